The molecule has 12 heavy (non-hydrogen) atoms. The maximum absolute atomic E-state index is 4.07. The van der Waals surface area contributed by atoms with E-state index in [1.165, 1.54) is 0 Å². The first kappa shape index (κ1) is 9.99. The molecule has 0 saturated heterocycles. The molecule has 2 nitrogen and oxygen atoms in total. The summed E-state index contributed by atoms with van der Waals surface area (Å²) in [6.45, 7) is 4.25. The second kappa shape index (κ2) is 4.23. The number of hydrogen-bond acceptors (Lipinski definition) is 1. The van der Waals surface area contributed by atoms with Gasteiger partial charge < -0.3 is 4.57 Å². The van der Waals surface area contributed by atoms with E-state index >= 15 is 0 Å². The molecule has 0 radical (unpaired) electrons. The van der Waals surface area contributed by atoms with Crippen molar-refractivity contribution in [1.82, 2.24) is 9.55 Å². The first-order chi connectivity index (χ1) is 5.61. The largest absolute Gasteiger partial charge is 0.329 e. The summed E-state index contributed by atoms with van der Waals surface area (Å²) in [4.78, 5) is 4.07. The molecule has 0 amide bonds. The molecule has 0 aromatic carbocycles. The first-order valence-corrected chi connectivity index (χ1v) is 5.24. The van der Waals surface area contributed by atoms with Gasteiger partial charge in [0.2, 0.25) is 0 Å². The molecule has 0 N–H and O–H groups in total. The molecule has 0 spiro atoms. The summed E-state index contributed by atoms with van der Waals surface area (Å²) in [5.74, 6) is 0. The Morgan fingerprint density at radius 1 is 1.58 bits per heavy atom. The summed E-state index contributed by atoms with van der Waals surface area (Å²) in [5.41, 5.74) is 1.09. The normalized spacial score (nSPS) is 10.4. The van der Waals surface area contributed by atoms with E-state index in [-0.39, 0.29) is 0 Å². The first-order valence-electron chi connectivity index (χ1n) is 3.66. The summed E-state index contributed by atoms with van der Waals surface area (Å²) in [6, 6.07) is 0.443. The lowest BCUT2D eigenvalue weighted by Crippen LogP contribution is -2.00. The highest BCUT2D eigenvalue weighted by Gasteiger charge is 2.02. The monoisotopic (exact) mass is 292 g/mol. The SMILES string of the molecule is CC(C)n1cncc1C=C(Br)Br. The zero-order chi connectivity index (χ0) is 9.14. The Hall–Kier alpha value is -0.0900. The molecule has 0 unspecified atom stereocenters. The van der Waals surface area contributed by atoms with Crippen LogP contribution >= 0.6 is 31.9 Å². The van der Waals surface area contributed by atoms with Crippen LogP contribution in [-0.2, 0) is 0 Å². The predicted molar refractivity (Wildman–Crippen MR) is 58.4 cm³/mol. The highest BCUT2D eigenvalue weighted by Crippen LogP contribution is 2.19. The van der Waals surface area contributed by atoms with Crippen LogP contribution in [0.15, 0.2) is 15.9 Å². The molecule has 1 rings (SSSR count). The smallest absolute Gasteiger partial charge is 0.0953 e. The summed E-state index contributed by atoms with van der Waals surface area (Å²) in [6.07, 6.45) is 5.65. The average molecular weight is 294 g/mol. The van der Waals surface area contributed by atoms with Crippen LogP contribution in [0.5, 0.6) is 0 Å². The highest BCUT2D eigenvalue weighted by atomic mass is 79.9. The summed E-state index contributed by atoms with van der Waals surface area (Å²) >= 11 is 6.63. The lowest BCUT2D eigenvalue weighted by Gasteiger charge is -2.08. The average Bonchev–Trinajstić information content (AvgIpc) is 2.33. The van der Waals surface area contributed by atoms with Crippen molar-refractivity contribution in [3.63, 3.8) is 0 Å². The summed E-state index contributed by atoms with van der Waals surface area (Å²) in [5, 5.41) is 0. The van der Waals surface area contributed by atoms with Crippen LogP contribution in [0.1, 0.15) is 25.6 Å². The van der Waals surface area contributed by atoms with Crippen molar-refractivity contribution in [2.24, 2.45) is 0 Å². The van der Waals surface area contributed by atoms with Gasteiger partial charge in [0, 0.05) is 6.04 Å². The van der Waals surface area contributed by atoms with Crippen molar-refractivity contribution in [3.8, 4) is 0 Å². The van der Waals surface area contributed by atoms with Crippen molar-refractivity contribution in [2.45, 2.75) is 19.9 Å². The number of hydrogen-bond donors (Lipinski definition) is 0. The van der Waals surface area contributed by atoms with Crippen molar-refractivity contribution in [3.05, 3.63) is 21.6 Å². The minimum absolute atomic E-state index is 0.443. The van der Waals surface area contributed by atoms with Gasteiger partial charge in [0.25, 0.3) is 0 Å². The third-order valence-corrected chi connectivity index (χ3v) is 1.97. The fourth-order valence-electron chi connectivity index (χ4n) is 0.970. The third-order valence-electron chi connectivity index (χ3n) is 1.51. The van der Waals surface area contributed by atoms with Crippen LogP contribution in [0.25, 0.3) is 6.08 Å². The molecule has 0 saturated carbocycles. The Bertz CT molecular complexity index is 285. The predicted octanol–water partition coefficient (Wildman–Crippen LogP) is 3.55. The maximum Gasteiger partial charge on any atom is 0.0953 e. The molecule has 0 fully saturated rings. The highest BCUT2D eigenvalue weighted by molar-refractivity contribution is 9.28. The van der Waals surface area contributed by atoms with Gasteiger partial charge in [-0.1, -0.05) is 0 Å². The Morgan fingerprint density at radius 3 is 2.75 bits per heavy atom. The minimum atomic E-state index is 0.443. The van der Waals surface area contributed by atoms with Gasteiger partial charge in [-0.15, -0.1) is 0 Å². The fourth-order valence-corrected chi connectivity index (χ4v) is 1.44. The zero-order valence-corrected chi connectivity index (χ0v) is 10.1. The molecule has 1 heterocycles. The molecule has 4 heteroatoms. The Kier molecular flexibility index (Phi) is 3.53. The van der Waals surface area contributed by atoms with E-state index in [1.54, 1.807) is 0 Å². The maximum atomic E-state index is 4.07. The van der Waals surface area contributed by atoms with Crippen molar-refractivity contribution >= 4 is 37.9 Å². The molecule has 1 aromatic rings. The van der Waals surface area contributed by atoms with E-state index in [1.807, 2.05) is 18.6 Å². The van der Waals surface area contributed by atoms with E-state index in [0.717, 1.165) is 9.09 Å². The molecule has 0 atom stereocenters. The van der Waals surface area contributed by atoms with Crippen LogP contribution in [0.2, 0.25) is 0 Å². The fraction of sp³-hybridized carbons (Fsp3) is 0.375. The lowest BCUT2D eigenvalue weighted by atomic mass is 10.3. The van der Waals surface area contributed by atoms with E-state index in [4.69, 9.17) is 0 Å². The van der Waals surface area contributed by atoms with E-state index in [2.05, 4.69) is 55.3 Å². The van der Waals surface area contributed by atoms with Crippen LogP contribution in [0.3, 0.4) is 0 Å². The second-order valence-corrected chi connectivity index (χ2v) is 5.53. The van der Waals surface area contributed by atoms with Gasteiger partial charge in [-0.05, 0) is 51.8 Å². The van der Waals surface area contributed by atoms with Crippen molar-refractivity contribution in [2.75, 3.05) is 0 Å². The Labute approximate surface area is 88.9 Å². The molecular formula is C8H10Br2N2. The van der Waals surface area contributed by atoms with Crippen molar-refractivity contribution in [1.29, 1.82) is 0 Å². The number of aromatic nitrogens is 2. The van der Waals surface area contributed by atoms with Crippen LogP contribution in [0.4, 0.5) is 0 Å². The van der Waals surface area contributed by atoms with Gasteiger partial charge >= 0.3 is 0 Å². The lowest BCUT2D eigenvalue weighted by molar-refractivity contribution is 0.595. The van der Waals surface area contributed by atoms with Crippen LogP contribution in [0, 0.1) is 0 Å². The minimum Gasteiger partial charge on any atom is -0.329 e. The molecule has 1 aromatic heterocycles. The molecule has 0 aliphatic rings. The van der Waals surface area contributed by atoms with E-state index < -0.39 is 0 Å². The van der Waals surface area contributed by atoms with Crippen molar-refractivity contribution < 1.29 is 0 Å². The third kappa shape index (κ3) is 2.45. The number of imidazole rings is 1. The Balaban J connectivity index is 3.00. The van der Waals surface area contributed by atoms with Gasteiger partial charge in [0.15, 0.2) is 0 Å². The van der Waals surface area contributed by atoms with Gasteiger partial charge in [-0.3, -0.25) is 0 Å². The molecule has 0 aliphatic heterocycles. The standard InChI is InChI=1S/C8H10Br2N2/c1-6(2)12-5-11-4-7(12)3-8(9)10/h3-6H,1-2H3. The molecule has 0 bridgehead atoms. The molecular weight excluding hydrogens is 284 g/mol. The van der Waals surface area contributed by atoms with Gasteiger partial charge in [0.05, 0.1) is 21.6 Å². The van der Waals surface area contributed by atoms with Gasteiger partial charge in [-0.25, -0.2) is 4.98 Å². The molecule has 66 valence electrons. The summed E-state index contributed by atoms with van der Waals surface area (Å²) < 4.78 is 3.03. The number of nitrogens with zero attached hydrogens (tertiary/aromatic N) is 2. The van der Waals surface area contributed by atoms with E-state index in [9.17, 15) is 0 Å². The zero-order valence-electron chi connectivity index (χ0n) is 6.96. The quantitative estimate of drug-likeness (QED) is 0.815. The number of rotatable bonds is 2. The topological polar surface area (TPSA) is 17.8 Å². The van der Waals surface area contributed by atoms with Crippen LogP contribution < -0.4 is 0 Å². The second-order valence-electron chi connectivity index (χ2n) is 2.75. The Morgan fingerprint density at radius 2 is 2.25 bits per heavy atom. The summed E-state index contributed by atoms with van der Waals surface area (Å²) in [7, 11) is 0. The molecule has 0 aliphatic carbocycles. The number of halogens is 2. The van der Waals surface area contributed by atoms with E-state index in [0.29, 0.717) is 6.04 Å². The van der Waals surface area contributed by atoms with Crippen LogP contribution in [-0.4, -0.2) is 9.55 Å². The van der Waals surface area contributed by atoms with Gasteiger partial charge in [0.1, 0.15) is 0 Å². The van der Waals surface area contributed by atoms with Gasteiger partial charge in [-0.2, -0.15) is 0 Å².